The van der Waals surface area contributed by atoms with Crippen molar-refractivity contribution in [1.29, 1.82) is 0 Å². The average molecular weight is 378 g/mol. The third-order valence-corrected chi connectivity index (χ3v) is 6.44. The molecular formula is C13H16BrNO5S. The van der Waals surface area contributed by atoms with Crippen molar-refractivity contribution in [2.45, 2.75) is 30.7 Å². The van der Waals surface area contributed by atoms with E-state index in [0.717, 1.165) is 0 Å². The summed E-state index contributed by atoms with van der Waals surface area (Å²) in [5, 5.41) is 18.5. The highest BCUT2D eigenvalue weighted by Gasteiger charge is 2.35. The first-order valence-corrected chi connectivity index (χ1v) is 8.68. The zero-order valence-corrected chi connectivity index (χ0v) is 13.8. The van der Waals surface area contributed by atoms with E-state index in [0.29, 0.717) is 29.4 Å². The molecule has 116 valence electrons. The monoisotopic (exact) mass is 377 g/mol. The van der Waals surface area contributed by atoms with Gasteiger partial charge in [0, 0.05) is 17.1 Å². The van der Waals surface area contributed by atoms with Crippen LogP contribution in [0.4, 0.5) is 0 Å². The van der Waals surface area contributed by atoms with Crippen molar-refractivity contribution >= 4 is 31.9 Å². The molecule has 1 atom stereocenters. The van der Waals surface area contributed by atoms with Crippen LogP contribution in [0, 0.1) is 6.92 Å². The van der Waals surface area contributed by atoms with Gasteiger partial charge in [-0.25, -0.2) is 13.2 Å². The predicted molar refractivity (Wildman–Crippen MR) is 79.8 cm³/mol. The molecule has 8 heteroatoms. The molecule has 0 spiro atoms. The minimum Gasteiger partial charge on any atom is -0.478 e. The van der Waals surface area contributed by atoms with Gasteiger partial charge in [0.05, 0.1) is 17.1 Å². The molecular weight excluding hydrogens is 362 g/mol. The molecule has 2 N–H and O–H groups in total. The fraction of sp³-hybridized carbons (Fsp3) is 0.462. The van der Waals surface area contributed by atoms with Crippen LogP contribution in [0.25, 0.3) is 0 Å². The summed E-state index contributed by atoms with van der Waals surface area (Å²) >= 11 is 3.20. The Bertz CT molecular complexity index is 673. The van der Waals surface area contributed by atoms with Gasteiger partial charge in [-0.2, -0.15) is 4.31 Å². The van der Waals surface area contributed by atoms with E-state index in [2.05, 4.69) is 15.9 Å². The van der Waals surface area contributed by atoms with Crippen molar-refractivity contribution in [3.05, 3.63) is 27.7 Å². The van der Waals surface area contributed by atoms with Crippen LogP contribution in [0.5, 0.6) is 0 Å². The zero-order chi connectivity index (χ0) is 15.8. The lowest BCUT2D eigenvalue weighted by Crippen LogP contribution is -2.37. The molecule has 0 amide bonds. The third-order valence-electron chi connectivity index (χ3n) is 3.69. The molecule has 6 nitrogen and oxygen atoms in total. The number of aliphatic hydroxyl groups excluding tert-OH is 1. The molecule has 1 heterocycles. The van der Waals surface area contributed by atoms with Gasteiger partial charge < -0.3 is 10.2 Å². The summed E-state index contributed by atoms with van der Waals surface area (Å²) in [5.74, 6) is -1.18. The molecule has 1 aromatic rings. The number of benzene rings is 1. The van der Waals surface area contributed by atoms with Gasteiger partial charge >= 0.3 is 5.97 Å². The van der Waals surface area contributed by atoms with Crippen LogP contribution in [-0.4, -0.2) is 48.1 Å². The predicted octanol–water partition coefficient (Wildman–Crippen LogP) is 1.60. The molecule has 0 radical (unpaired) electrons. The molecule has 1 saturated heterocycles. The van der Waals surface area contributed by atoms with Crippen LogP contribution in [0.2, 0.25) is 0 Å². The van der Waals surface area contributed by atoms with Crippen LogP contribution in [-0.2, 0) is 10.0 Å². The number of nitrogens with zero attached hydrogens (tertiary/aromatic N) is 1. The van der Waals surface area contributed by atoms with Crippen LogP contribution in [0.1, 0.15) is 28.8 Å². The number of hydrogen-bond acceptors (Lipinski definition) is 4. The highest BCUT2D eigenvalue weighted by molar-refractivity contribution is 9.10. The SMILES string of the molecule is Cc1c(Br)cc(S(=O)(=O)N2CCC[C@@H]2CO)cc1C(=O)O. The fourth-order valence-corrected chi connectivity index (χ4v) is 4.82. The van der Waals surface area contributed by atoms with Crippen LogP contribution in [0.3, 0.4) is 0 Å². The molecule has 0 aromatic heterocycles. The lowest BCUT2D eigenvalue weighted by Gasteiger charge is -2.23. The Morgan fingerprint density at radius 2 is 2.14 bits per heavy atom. The normalized spacial score (nSPS) is 19.9. The smallest absolute Gasteiger partial charge is 0.336 e. The number of sulfonamides is 1. The van der Waals surface area contributed by atoms with Crippen LogP contribution in [0.15, 0.2) is 21.5 Å². The maximum atomic E-state index is 12.6. The Hall–Kier alpha value is -0.960. The third kappa shape index (κ3) is 2.98. The van der Waals surface area contributed by atoms with Gasteiger partial charge in [0.2, 0.25) is 10.0 Å². The van der Waals surface area contributed by atoms with Crippen molar-refractivity contribution in [3.8, 4) is 0 Å². The number of aliphatic hydroxyl groups is 1. The molecule has 2 rings (SSSR count). The standard InChI is InChI=1S/C13H16BrNO5S/c1-8-11(13(17)18)5-10(6-12(8)14)21(19,20)15-4-2-3-9(15)7-16/h5-6,9,16H,2-4,7H2,1H3,(H,17,18)/t9-/m1/s1. The lowest BCUT2D eigenvalue weighted by molar-refractivity contribution is 0.0695. The largest absolute Gasteiger partial charge is 0.478 e. The second-order valence-corrected chi connectivity index (χ2v) is 7.72. The Morgan fingerprint density at radius 3 is 2.71 bits per heavy atom. The van der Waals surface area contributed by atoms with Crippen LogP contribution >= 0.6 is 15.9 Å². The molecule has 21 heavy (non-hydrogen) atoms. The van der Waals surface area contributed by atoms with Crippen molar-refractivity contribution in [2.24, 2.45) is 0 Å². The van der Waals surface area contributed by atoms with E-state index in [1.807, 2.05) is 0 Å². The molecule has 0 unspecified atom stereocenters. The van der Waals surface area contributed by atoms with Gasteiger partial charge in [0.1, 0.15) is 0 Å². The minimum atomic E-state index is -3.82. The quantitative estimate of drug-likeness (QED) is 0.830. The van der Waals surface area contributed by atoms with Crippen molar-refractivity contribution < 1.29 is 23.4 Å². The average Bonchev–Trinajstić information content (AvgIpc) is 2.90. The molecule has 1 aliphatic heterocycles. The second kappa shape index (κ2) is 6.04. The van der Waals surface area contributed by atoms with E-state index in [-0.39, 0.29) is 17.1 Å². The first-order valence-electron chi connectivity index (χ1n) is 6.45. The number of carboxylic acids is 1. The lowest BCUT2D eigenvalue weighted by atomic mass is 10.1. The number of carbonyl (C=O) groups is 1. The van der Waals surface area contributed by atoms with Gasteiger partial charge in [0.25, 0.3) is 0 Å². The number of hydrogen-bond donors (Lipinski definition) is 2. The summed E-state index contributed by atoms with van der Waals surface area (Å²) in [4.78, 5) is 11.2. The number of carboxylic acid groups (broad SMARTS) is 1. The maximum absolute atomic E-state index is 12.6. The van der Waals surface area contributed by atoms with Gasteiger partial charge in [-0.15, -0.1) is 0 Å². The highest BCUT2D eigenvalue weighted by Crippen LogP contribution is 2.30. The van der Waals surface area contributed by atoms with Crippen molar-refractivity contribution in [3.63, 3.8) is 0 Å². The van der Waals surface area contributed by atoms with E-state index < -0.39 is 22.0 Å². The topological polar surface area (TPSA) is 94.9 Å². The van der Waals surface area contributed by atoms with E-state index >= 15 is 0 Å². The summed E-state index contributed by atoms with van der Waals surface area (Å²) in [7, 11) is -3.82. The first-order chi connectivity index (χ1) is 9.78. The van der Waals surface area contributed by atoms with Crippen LogP contribution < -0.4 is 0 Å². The van der Waals surface area contributed by atoms with E-state index in [1.54, 1.807) is 6.92 Å². The first kappa shape index (κ1) is 16.4. The minimum absolute atomic E-state index is 0.0531. The van der Waals surface area contributed by atoms with Gasteiger partial charge in [0.15, 0.2) is 0 Å². The molecule has 0 saturated carbocycles. The zero-order valence-electron chi connectivity index (χ0n) is 11.4. The summed E-state index contributed by atoms with van der Waals surface area (Å²) in [5.41, 5.74) is 0.421. The Labute approximate surface area is 131 Å². The van der Waals surface area contributed by atoms with Gasteiger partial charge in [-0.1, -0.05) is 15.9 Å². The van der Waals surface area contributed by atoms with Crippen molar-refractivity contribution in [1.82, 2.24) is 4.31 Å². The van der Waals surface area contributed by atoms with E-state index in [4.69, 9.17) is 0 Å². The molecule has 1 fully saturated rings. The summed E-state index contributed by atoms with van der Waals surface area (Å²) in [6, 6.07) is 2.14. The number of rotatable bonds is 4. The maximum Gasteiger partial charge on any atom is 0.336 e. The fourth-order valence-electron chi connectivity index (χ4n) is 2.47. The number of aromatic carboxylic acids is 1. The summed E-state index contributed by atoms with van der Waals surface area (Å²) < 4.78 is 27.0. The van der Waals surface area contributed by atoms with Gasteiger partial charge in [-0.3, -0.25) is 0 Å². The molecule has 0 aliphatic carbocycles. The van der Waals surface area contributed by atoms with Gasteiger partial charge in [-0.05, 0) is 37.5 Å². The Morgan fingerprint density at radius 1 is 1.48 bits per heavy atom. The van der Waals surface area contributed by atoms with E-state index in [1.165, 1.54) is 16.4 Å². The van der Waals surface area contributed by atoms with E-state index in [9.17, 15) is 23.4 Å². The Kier molecular flexibility index (Phi) is 4.72. The summed E-state index contributed by atoms with van der Waals surface area (Å²) in [6.45, 7) is 1.70. The number of halogens is 1. The molecule has 0 bridgehead atoms. The highest BCUT2D eigenvalue weighted by atomic mass is 79.9. The van der Waals surface area contributed by atoms with Crippen molar-refractivity contribution in [2.75, 3.05) is 13.2 Å². The Balaban J connectivity index is 2.53. The molecule has 1 aromatic carbocycles. The second-order valence-electron chi connectivity index (χ2n) is 4.98. The summed E-state index contributed by atoms with van der Waals surface area (Å²) in [6.07, 6.45) is 1.29. The molecule has 1 aliphatic rings.